The number of ether oxygens (including phenoxy) is 1. The van der Waals surface area contributed by atoms with Crippen molar-refractivity contribution in [3.63, 3.8) is 0 Å². The number of aryl methyl sites for hydroxylation is 1. The summed E-state index contributed by atoms with van der Waals surface area (Å²) in [6.07, 6.45) is 3.70. The van der Waals surface area contributed by atoms with Crippen LogP contribution in [0.3, 0.4) is 0 Å². The van der Waals surface area contributed by atoms with Gasteiger partial charge in [-0.15, -0.1) is 10.2 Å². The van der Waals surface area contributed by atoms with E-state index < -0.39 is 0 Å². The van der Waals surface area contributed by atoms with E-state index in [9.17, 15) is 0 Å². The fourth-order valence-electron chi connectivity index (χ4n) is 3.96. The first-order valence-electron chi connectivity index (χ1n) is 10.3. The van der Waals surface area contributed by atoms with Crippen LogP contribution in [0.5, 0.6) is 0 Å². The molecule has 1 aromatic heterocycles. The molecule has 2 saturated heterocycles. The zero-order chi connectivity index (χ0) is 19.3. The first kappa shape index (κ1) is 18.9. The van der Waals surface area contributed by atoms with E-state index in [1.54, 1.807) is 0 Å². The normalized spacial score (nSPS) is 22.8. The number of hydrogen-bond acceptors (Lipinski definition) is 4. The van der Waals surface area contributed by atoms with Crippen molar-refractivity contribution in [2.24, 2.45) is 12.0 Å². The Bertz CT molecular complexity index is 796. The first-order chi connectivity index (χ1) is 13.7. The molecule has 2 aliphatic heterocycles. The highest BCUT2D eigenvalue weighted by Crippen LogP contribution is 2.27. The van der Waals surface area contributed by atoms with Crippen LogP contribution < -0.4 is 5.32 Å². The molecule has 2 aromatic rings. The van der Waals surface area contributed by atoms with E-state index in [4.69, 9.17) is 9.73 Å². The molecule has 2 fully saturated rings. The molecule has 4 rings (SSSR count). The molecular weight excluding hydrogens is 352 g/mol. The maximum atomic E-state index is 5.78. The quantitative estimate of drug-likeness (QED) is 0.635. The van der Waals surface area contributed by atoms with Crippen LogP contribution in [0, 0.1) is 6.92 Å². The van der Waals surface area contributed by atoms with Crippen LogP contribution in [0.2, 0.25) is 0 Å². The van der Waals surface area contributed by atoms with Crippen molar-refractivity contribution in [2.75, 3.05) is 26.2 Å². The van der Waals surface area contributed by atoms with Gasteiger partial charge >= 0.3 is 0 Å². The van der Waals surface area contributed by atoms with Gasteiger partial charge in [0.1, 0.15) is 12.4 Å². The van der Waals surface area contributed by atoms with Gasteiger partial charge in [0, 0.05) is 39.2 Å². The third-order valence-corrected chi connectivity index (χ3v) is 5.82. The lowest BCUT2D eigenvalue weighted by atomic mass is 9.99. The van der Waals surface area contributed by atoms with Crippen LogP contribution in [-0.2, 0) is 18.3 Å². The van der Waals surface area contributed by atoms with Crippen molar-refractivity contribution in [1.82, 2.24) is 25.0 Å². The number of hydrogen-bond donors (Lipinski definition) is 1. The summed E-state index contributed by atoms with van der Waals surface area (Å²) in [6, 6.07) is 10.8. The Balaban J connectivity index is 1.45. The van der Waals surface area contributed by atoms with Crippen molar-refractivity contribution >= 4 is 5.96 Å². The van der Waals surface area contributed by atoms with Gasteiger partial charge in [-0.3, -0.25) is 0 Å². The van der Waals surface area contributed by atoms with Gasteiger partial charge in [0.05, 0.1) is 6.10 Å². The van der Waals surface area contributed by atoms with Crippen molar-refractivity contribution in [2.45, 2.75) is 44.8 Å². The Labute approximate surface area is 166 Å². The Hall–Kier alpha value is -2.41. The molecule has 0 amide bonds. The molecule has 2 unspecified atom stereocenters. The van der Waals surface area contributed by atoms with Gasteiger partial charge in [-0.2, -0.15) is 0 Å². The van der Waals surface area contributed by atoms with Crippen molar-refractivity contribution in [3.8, 4) is 0 Å². The Morgan fingerprint density at radius 1 is 1.25 bits per heavy atom. The lowest BCUT2D eigenvalue weighted by Crippen LogP contribution is -2.43. The van der Waals surface area contributed by atoms with Crippen LogP contribution in [0.25, 0.3) is 0 Å². The molecule has 0 radical (unpaired) electrons. The molecule has 0 bridgehead atoms. The average molecular weight is 383 g/mol. The number of guanidine groups is 1. The second-order valence-electron chi connectivity index (χ2n) is 7.72. The highest BCUT2D eigenvalue weighted by molar-refractivity contribution is 5.80. The molecule has 7 heteroatoms. The van der Waals surface area contributed by atoms with E-state index in [1.165, 1.54) is 5.56 Å². The number of nitrogens with one attached hydrogen (secondary N) is 1. The molecule has 2 aliphatic rings. The fraction of sp³-hybridized carbons (Fsp3) is 0.571. The molecule has 7 nitrogen and oxygen atoms in total. The van der Waals surface area contributed by atoms with Crippen molar-refractivity contribution in [3.05, 3.63) is 47.5 Å². The predicted octanol–water partition coefficient (Wildman–Crippen LogP) is 2.24. The third-order valence-electron chi connectivity index (χ3n) is 5.82. The van der Waals surface area contributed by atoms with Crippen molar-refractivity contribution in [1.29, 1.82) is 0 Å². The highest BCUT2D eigenvalue weighted by atomic mass is 16.5. The third kappa shape index (κ3) is 4.35. The zero-order valence-electron chi connectivity index (χ0n) is 16.8. The lowest BCUT2D eigenvalue weighted by molar-refractivity contribution is 0.113. The monoisotopic (exact) mass is 382 g/mol. The standard InChI is InChI=1S/C21H30N6O/c1-16-24-25-20(26(16)2)14-23-21(22-13-19-9-6-12-28-19)27-11-10-18(15-27)17-7-4-3-5-8-17/h3-5,7-8,18-19H,6,9-15H2,1-2H3,(H,22,23). The van der Waals surface area contributed by atoms with Crippen LogP contribution in [0.1, 0.15) is 42.4 Å². The van der Waals surface area contributed by atoms with Crippen LogP contribution in [0.4, 0.5) is 0 Å². The molecule has 3 heterocycles. The van der Waals surface area contributed by atoms with Crippen LogP contribution in [-0.4, -0.2) is 58.0 Å². The molecule has 2 atom stereocenters. The van der Waals surface area contributed by atoms with Gasteiger partial charge in [0.2, 0.25) is 0 Å². The highest BCUT2D eigenvalue weighted by Gasteiger charge is 2.27. The van der Waals surface area contributed by atoms with Gasteiger partial charge in [-0.1, -0.05) is 30.3 Å². The summed E-state index contributed by atoms with van der Waals surface area (Å²) in [6.45, 7) is 6.16. The molecule has 1 aromatic carbocycles. The number of likely N-dealkylation sites (tertiary alicyclic amines) is 1. The van der Waals surface area contributed by atoms with Gasteiger partial charge < -0.3 is 19.5 Å². The Morgan fingerprint density at radius 2 is 2.11 bits per heavy atom. The smallest absolute Gasteiger partial charge is 0.194 e. The second kappa shape index (κ2) is 8.73. The summed E-state index contributed by atoms with van der Waals surface area (Å²) < 4.78 is 7.78. The molecule has 150 valence electrons. The fourth-order valence-corrected chi connectivity index (χ4v) is 3.96. The average Bonchev–Trinajstić information content (AvgIpc) is 3.47. The van der Waals surface area contributed by atoms with Crippen molar-refractivity contribution < 1.29 is 4.74 Å². The second-order valence-corrected chi connectivity index (χ2v) is 7.72. The minimum Gasteiger partial charge on any atom is -0.376 e. The summed E-state index contributed by atoms with van der Waals surface area (Å²) in [4.78, 5) is 7.26. The Kier molecular flexibility index (Phi) is 5.90. The van der Waals surface area contributed by atoms with E-state index in [1.807, 2.05) is 18.5 Å². The largest absolute Gasteiger partial charge is 0.376 e. The molecule has 0 spiro atoms. The maximum Gasteiger partial charge on any atom is 0.194 e. The number of aromatic nitrogens is 3. The summed E-state index contributed by atoms with van der Waals surface area (Å²) in [7, 11) is 1.99. The number of benzene rings is 1. The van der Waals surface area contributed by atoms with Gasteiger partial charge in [0.15, 0.2) is 11.8 Å². The minimum absolute atomic E-state index is 0.287. The van der Waals surface area contributed by atoms with Gasteiger partial charge in [-0.25, -0.2) is 4.99 Å². The van der Waals surface area contributed by atoms with E-state index in [0.717, 1.165) is 63.1 Å². The Morgan fingerprint density at radius 3 is 2.82 bits per heavy atom. The van der Waals surface area contributed by atoms with E-state index in [0.29, 0.717) is 12.5 Å². The van der Waals surface area contributed by atoms with E-state index >= 15 is 0 Å². The lowest BCUT2D eigenvalue weighted by Gasteiger charge is -2.23. The minimum atomic E-state index is 0.287. The molecule has 28 heavy (non-hydrogen) atoms. The first-order valence-corrected chi connectivity index (χ1v) is 10.3. The zero-order valence-corrected chi connectivity index (χ0v) is 16.8. The van der Waals surface area contributed by atoms with Crippen LogP contribution >= 0.6 is 0 Å². The van der Waals surface area contributed by atoms with E-state index in [2.05, 4.69) is 50.7 Å². The number of nitrogens with zero attached hydrogens (tertiary/aromatic N) is 5. The molecular formula is C21H30N6O. The number of rotatable bonds is 5. The maximum absolute atomic E-state index is 5.78. The van der Waals surface area contributed by atoms with Gasteiger partial charge in [0.25, 0.3) is 0 Å². The summed E-state index contributed by atoms with van der Waals surface area (Å²) in [5.41, 5.74) is 1.41. The topological polar surface area (TPSA) is 67.6 Å². The SMILES string of the molecule is Cc1nnc(CN=C(NCC2CCCO2)N2CCC(c3ccccc3)C2)n1C. The molecule has 0 aliphatic carbocycles. The summed E-state index contributed by atoms with van der Waals surface area (Å²) in [5.74, 6) is 3.29. The predicted molar refractivity (Wildman–Crippen MR) is 109 cm³/mol. The summed E-state index contributed by atoms with van der Waals surface area (Å²) >= 11 is 0. The number of aliphatic imine (C=N–C) groups is 1. The molecule has 1 N–H and O–H groups in total. The summed E-state index contributed by atoms with van der Waals surface area (Å²) in [5, 5.41) is 12.0. The van der Waals surface area contributed by atoms with Crippen LogP contribution in [0.15, 0.2) is 35.3 Å². The van der Waals surface area contributed by atoms with E-state index in [-0.39, 0.29) is 6.10 Å². The molecule has 0 saturated carbocycles. The van der Waals surface area contributed by atoms with Gasteiger partial charge in [-0.05, 0) is 31.7 Å².